The standard InChI is InChI=1S/C7H11BrS2Si/c1-11(2,3)10-7-6(8)4-5-9-7/h4-5H,1-3H3. The average molecular weight is 267 g/mol. The van der Waals surface area contributed by atoms with Crippen molar-refractivity contribution in [2.45, 2.75) is 23.9 Å². The van der Waals surface area contributed by atoms with Gasteiger partial charge in [-0.25, -0.2) is 0 Å². The van der Waals surface area contributed by atoms with Gasteiger partial charge in [0.15, 0.2) is 0 Å². The second-order valence-corrected chi connectivity index (χ2v) is 14.4. The summed E-state index contributed by atoms with van der Waals surface area (Å²) in [4.78, 5) is 0. The van der Waals surface area contributed by atoms with Gasteiger partial charge in [0.25, 0.3) is 0 Å². The molecule has 0 saturated carbocycles. The summed E-state index contributed by atoms with van der Waals surface area (Å²) in [5.74, 6) is 0. The van der Waals surface area contributed by atoms with Crippen LogP contribution in [0, 0.1) is 0 Å². The summed E-state index contributed by atoms with van der Waals surface area (Å²) in [6.07, 6.45) is 0. The Bertz CT molecular complexity index is 239. The van der Waals surface area contributed by atoms with Gasteiger partial charge in [0.1, 0.15) is 7.22 Å². The van der Waals surface area contributed by atoms with Crippen LogP contribution in [-0.2, 0) is 0 Å². The van der Waals surface area contributed by atoms with Crippen molar-refractivity contribution in [3.63, 3.8) is 0 Å². The molecular weight excluding hydrogens is 256 g/mol. The lowest BCUT2D eigenvalue weighted by molar-refractivity contribution is 1.65. The van der Waals surface area contributed by atoms with Gasteiger partial charge < -0.3 is 0 Å². The molecule has 0 bridgehead atoms. The number of halogens is 1. The van der Waals surface area contributed by atoms with Crippen LogP contribution in [0.3, 0.4) is 0 Å². The summed E-state index contributed by atoms with van der Waals surface area (Å²) in [5, 5.41) is 2.13. The maximum atomic E-state index is 3.53. The quantitative estimate of drug-likeness (QED) is 0.714. The van der Waals surface area contributed by atoms with Gasteiger partial charge in [0.2, 0.25) is 0 Å². The van der Waals surface area contributed by atoms with Gasteiger partial charge in [-0.3, -0.25) is 0 Å². The van der Waals surface area contributed by atoms with Crippen LogP contribution >= 0.6 is 38.5 Å². The van der Waals surface area contributed by atoms with E-state index in [4.69, 9.17) is 0 Å². The molecule has 0 atom stereocenters. The lowest BCUT2D eigenvalue weighted by Gasteiger charge is -2.13. The van der Waals surface area contributed by atoms with Crippen LogP contribution in [0.2, 0.25) is 19.6 Å². The van der Waals surface area contributed by atoms with E-state index in [9.17, 15) is 0 Å². The second kappa shape index (κ2) is 3.64. The lowest BCUT2D eigenvalue weighted by atomic mass is 10.7. The number of thiophene rings is 1. The van der Waals surface area contributed by atoms with Crippen LogP contribution in [0.25, 0.3) is 0 Å². The fourth-order valence-electron chi connectivity index (χ4n) is 0.631. The van der Waals surface area contributed by atoms with E-state index in [0.717, 1.165) is 0 Å². The molecule has 62 valence electrons. The molecule has 0 unspecified atom stereocenters. The SMILES string of the molecule is C[Si](C)(C)Sc1sccc1Br. The molecule has 0 aliphatic rings. The fourth-order valence-corrected chi connectivity index (χ4v) is 8.18. The minimum absolute atomic E-state index is 0.996. The first-order chi connectivity index (χ1) is 4.99. The molecule has 0 aromatic carbocycles. The van der Waals surface area contributed by atoms with Crippen LogP contribution in [0.1, 0.15) is 0 Å². The topological polar surface area (TPSA) is 0 Å². The molecule has 0 spiro atoms. The van der Waals surface area contributed by atoms with Crippen LogP contribution in [-0.4, -0.2) is 7.22 Å². The van der Waals surface area contributed by atoms with Gasteiger partial charge in [-0.2, -0.15) is 0 Å². The van der Waals surface area contributed by atoms with Gasteiger partial charge in [0.05, 0.1) is 4.21 Å². The minimum Gasteiger partial charge on any atom is -0.140 e. The summed E-state index contributed by atoms with van der Waals surface area (Å²) < 4.78 is 2.69. The van der Waals surface area contributed by atoms with Gasteiger partial charge in [0, 0.05) is 4.47 Å². The van der Waals surface area contributed by atoms with Gasteiger partial charge in [-0.15, -0.1) is 22.5 Å². The first-order valence-electron chi connectivity index (χ1n) is 3.41. The first kappa shape index (κ1) is 9.83. The molecule has 1 aromatic rings. The third-order valence-corrected chi connectivity index (χ3v) is 7.32. The Balaban J connectivity index is 2.72. The Labute approximate surface area is 85.2 Å². The van der Waals surface area contributed by atoms with Crippen molar-refractivity contribution in [2.24, 2.45) is 0 Å². The highest BCUT2D eigenvalue weighted by molar-refractivity contribution is 9.10. The molecule has 4 heteroatoms. The summed E-state index contributed by atoms with van der Waals surface area (Å²) >= 11 is 7.40. The zero-order valence-electron chi connectivity index (χ0n) is 6.85. The molecule has 1 rings (SSSR count). The molecule has 1 heterocycles. The Hall–Kier alpha value is 0.747. The van der Waals surface area contributed by atoms with Crippen molar-refractivity contribution in [3.8, 4) is 0 Å². The number of hydrogen-bond donors (Lipinski definition) is 0. The predicted molar refractivity (Wildman–Crippen MR) is 61.2 cm³/mol. The molecule has 0 saturated heterocycles. The van der Waals surface area contributed by atoms with E-state index in [0.29, 0.717) is 0 Å². The van der Waals surface area contributed by atoms with E-state index < -0.39 is 7.22 Å². The van der Waals surface area contributed by atoms with Gasteiger partial charge >= 0.3 is 0 Å². The molecule has 11 heavy (non-hydrogen) atoms. The van der Waals surface area contributed by atoms with Crippen molar-refractivity contribution < 1.29 is 0 Å². The van der Waals surface area contributed by atoms with Crippen molar-refractivity contribution >= 4 is 45.7 Å². The molecule has 0 amide bonds. The predicted octanol–water partition coefficient (Wildman–Crippen LogP) is 4.44. The Morgan fingerprint density at radius 2 is 2.09 bits per heavy atom. The van der Waals surface area contributed by atoms with E-state index in [1.54, 1.807) is 0 Å². The van der Waals surface area contributed by atoms with E-state index in [1.165, 1.54) is 8.68 Å². The maximum absolute atomic E-state index is 3.53. The van der Waals surface area contributed by atoms with E-state index in [2.05, 4.69) is 47.0 Å². The largest absolute Gasteiger partial charge is 0.140 e. The molecule has 0 N–H and O–H groups in total. The maximum Gasteiger partial charge on any atom is 0.115 e. The smallest absolute Gasteiger partial charge is 0.115 e. The summed E-state index contributed by atoms with van der Waals surface area (Å²) in [5.41, 5.74) is 0. The molecule has 0 nitrogen and oxygen atoms in total. The van der Waals surface area contributed by atoms with E-state index >= 15 is 0 Å². The number of rotatable bonds is 2. The van der Waals surface area contributed by atoms with Gasteiger partial charge in [-0.05, 0) is 27.4 Å². The van der Waals surface area contributed by atoms with Crippen molar-refractivity contribution in [1.29, 1.82) is 0 Å². The van der Waals surface area contributed by atoms with Crippen LogP contribution < -0.4 is 0 Å². The van der Waals surface area contributed by atoms with Crippen LogP contribution in [0.5, 0.6) is 0 Å². The van der Waals surface area contributed by atoms with E-state index in [1.807, 2.05) is 22.5 Å². The van der Waals surface area contributed by atoms with Crippen molar-refractivity contribution in [1.82, 2.24) is 0 Å². The molecule has 0 fully saturated rings. The van der Waals surface area contributed by atoms with Gasteiger partial charge in [-0.1, -0.05) is 19.6 Å². The Morgan fingerprint density at radius 3 is 2.45 bits per heavy atom. The average Bonchev–Trinajstić information content (AvgIpc) is 2.12. The minimum atomic E-state index is -0.996. The highest BCUT2D eigenvalue weighted by Gasteiger charge is 2.17. The second-order valence-electron chi connectivity index (χ2n) is 3.27. The zero-order chi connectivity index (χ0) is 8.48. The van der Waals surface area contributed by atoms with E-state index in [-0.39, 0.29) is 0 Å². The Morgan fingerprint density at radius 1 is 1.45 bits per heavy atom. The van der Waals surface area contributed by atoms with Crippen molar-refractivity contribution in [2.75, 3.05) is 0 Å². The molecule has 0 radical (unpaired) electrons. The summed E-state index contributed by atoms with van der Waals surface area (Å²) in [6, 6.07) is 2.12. The van der Waals surface area contributed by atoms with Crippen LogP contribution in [0.4, 0.5) is 0 Å². The van der Waals surface area contributed by atoms with Crippen LogP contribution in [0.15, 0.2) is 20.1 Å². The monoisotopic (exact) mass is 266 g/mol. The fraction of sp³-hybridized carbons (Fsp3) is 0.429. The molecule has 0 aliphatic carbocycles. The first-order valence-corrected chi connectivity index (χ1v) is 10.1. The highest BCUT2D eigenvalue weighted by atomic mass is 79.9. The highest BCUT2D eigenvalue weighted by Crippen LogP contribution is 2.38. The summed E-state index contributed by atoms with van der Waals surface area (Å²) in [6.45, 7) is 7.09. The normalized spacial score (nSPS) is 12.0. The third-order valence-electron chi connectivity index (χ3n) is 0.983. The lowest BCUT2D eigenvalue weighted by Crippen LogP contribution is -2.12. The molecule has 1 aromatic heterocycles. The van der Waals surface area contributed by atoms with Crippen molar-refractivity contribution in [3.05, 3.63) is 15.9 Å². The molecule has 0 aliphatic heterocycles. The molecular formula is C7H11BrS2Si. The zero-order valence-corrected chi connectivity index (χ0v) is 11.1. The Kier molecular flexibility index (Phi) is 3.25. The third kappa shape index (κ3) is 3.32. The number of hydrogen-bond acceptors (Lipinski definition) is 2. The summed E-state index contributed by atoms with van der Waals surface area (Å²) in [7, 11) is -0.996.